The monoisotopic (exact) mass is 386 g/mol. The largest absolute Gasteiger partial charge is 0.378 e. The quantitative estimate of drug-likeness (QED) is 0.792. The summed E-state index contributed by atoms with van der Waals surface area (Å²) in [5.74, 6) is 0.648. The van der Waals surface area contributed by atoms with Crippen LogP contribution in [-0.2, 0) is 9.53 Å². The minimum atomic E-state index is 0.0209. The van der Waals surface area contributed by atoms with Gasteiger partial charge in [0.05, 0.1) is 18.8 Å². The summed E-state index contributed by atoms with van der Waals surface area (Å²) in [6.45, 7) is 4.23. The molecule has 4 rings (SSSR count). The summed E-state index contributed by atoms with van der Waals surface area (Å²) in [7, 11) is 0. The minimum absolute atomic E-state index is 0.0209. The number of ether oxygens (including phenoxy) is 1. The van der Waals surface area contributed by atoms with Crippen LogP contribution in [0.25, 0.3) is 0 Å². The van der Waals surface area contributed by atoms with E-state index in [4.69, 9.17) is 4.74 Å². The van der Waals surface area contributed by atoms with Crippen molar-refractivity contribution < 1.29 is 14.3 Å². The zero-order chi connectivity index (χ0) is 19.4. The summed E-state index contributed by atoms with van der Waals surface area (Å²) >= 11 is 0. The van der Waals surface area contributed by atoms with Gasteiger partial charge in [0.1, 0.15) is 6.33 Å². The van der Waals surface area contributed by atoms with Gasteiger partial charge < -0.3 is 14.5 Å². The van der Waals surface area contributed by atoms with E-state index in [9.17, 15) is 9.59 Å². The molecule has 0 radical (unpaired) electrons. The SMILES string of the molecule is O=C(CCC1CN(C(=O)c2cncnc2)CC12CCCCC2)N1CCOCC1. The molecule has 7 heteroatoms. The Morgan fingerprint density at radius 1 is 1.07 bits per heavy atom. The van der Waals surface area contributed by atoms with Gasteiger partial charge in [0.2, 0.25) is 5.91 Å². The molecule has 1 atom stereocenters. The molecule has 0 bridgehead atoms. The van der Waals surface area contributed by atoms with Gasteiger partial charge in [-0.2, -0.15) is 0 Å². The third-order valence-electron chi connectivity index (χ3n) is 6.83. The molecule has 1 aromatic rings. The number of morpholine rings is 1. The van der Waals surface area contributed by atoms with Crippen LogP contribution in [0.3, 0.4) is 0 Å². The Balaban J connectivity index is 1.43. The van der Waals surface area contributed by atoms with E-state index in [1.54, 1.807) is 12.4 Å². The molecule has 1 aromatic heterocycles. The molecule has 28 heavy (non-hydrogen) atoms. The molecular formula is C21H30N4O3. The average Bonchev–Trinajstić information content (AvgIpc) is 3.10. The van der Waals surface area contributed by atoms with Crippen LogP contribution in [0.5, 0.6) is 0 Å². The van der Waals surface area contributed by atoms with Crippen molar-refractivity contribution in [2.24, 2.45) is 11.3 Å². The van der Waals surface area contributed by atoms with Crippen molar-refractivity contribution in [3.8, 4) is 0 Å². The maximum Gasteiger partial charge on any atom is 0.257 e. The maximum atomic E-state index is 13.0. The van der Waals surface area contributed by atoms with Crippen molar-refractivity contribution >= 4 is 11.8 Å². The van der Waals surface area contributed by atoms with E-state index in [0.29, 0.717) is 44.2 Å². The first-order valence-electron chi connectivity index (χ1n) is 10.6. The number of hydrogen-bond donors (Lipinski definition) is 0. The van der Waals surface area contributed by atoms with Gasteiger partial charge in [-0.3, -0.25) is 9.59 Å². The molecule has 1 saturated carbocycles. The lowest BCUT2D eigenvalue weighted by atomic mass is 9.66. The van der Waals surface area contributed by atoms with E-state index >= 15 is 0 Å². The van der Waals surface area contributed by atoms with E-state index in [1.807, 2.05) is 9.80 Å². The van der Waals surface area contributed by atoms with Crippen LogP contribution in [0.4, 0.5) is 0 Å². The molecule has 3 heterocycles. The van der Waals surface area contributed by atoms with Crippen LogP contribution in [0.2, 0.25) is 0 Å². The first-order valence-corrected chi connectivity index (χ1v) is 10.6. The van der Waals surface area contributed by atoms with Crippen LogP contribution in [0.1, 0.15) is 55.3 Å². The van der Waals surface area contributed by atoms with E-state index in [2.05, 4.69) is 9.97 Å². The Kier molecular flexibility index (Phi) is 5.90. The highest BCUT2D eigenvalue weighted by atomic mass is 16.5. The summed E-state index contributed by atoms with van der Waals surface area (Å²) in [6.07, 6.45) is 12.1. The molecule has 0 N–H and O–H groups in total. The Morgan fingerprint density at radius 2 is 1.79 bits per heavy atom. The Hall–Kier alpha value is -2.02. The van der Waals surface area contributed by atoms with E-state index in [0.717, 1.165) is 19.5 Å². The van der Waals surface area contributed by atoms with Crippen LogP contribution >= 0.6 is 0 Å². The topological polar surface area (TPSA) is 75.6 Å². The van der Waals surface area contributed by atoms with Gasteiger partial charge in [0.25, 0.3) is 5.91 Å². The van der Waals surface area contributed by atoms with E-state index < -0.39 is 0 Å². The molecule has 7 nitrogen and oxygen atoms in total. The van der Waals surface area contributed by atoms with Crippen molar-refractivity contribution in [3.05, 3.63) is 24.3 Å². The van der Waals surface area contributed by atoms with Crippen molar-refractivity contribution in [1.29, 1.82) is 0 Å². The van der Waals surface area contributed by atoms with Gasteiger partial charge >= 0.3 is 0 Å². The molecule has 1 unspecified atom stereocenters. The first kappa shape index (κ1) is 19.3. The standard InChI is InChI=1S/C21H30N4O3/c26-19(24-8-10-28-11-9-24)5-4-18-14-25(15-21(18)6-2-1-3-7-21)20(27)17-12-22-16-23-13-17/h12-13,16,18H,1-11,14-15H2. The number of carbonyl (C=O) groups is 2. The zero-order valence-corrected chi connectivity index (χ0v) is 16.5. The normalized spacial score (nSPS) is 24.5. The lowest BCUT2D eigenvalue weighted by Gasteiger charge is -2.38. The molecule has 3 fully saturated rings. The van der Waals surface area contributed by atoms with Crippen molar-refractivity contribution in [3.63, 3.8) is 0 Å². The highest BCUT2D eigenvalue weighted by Gasteiger charge is 2.48. The number of likely N-dealkylation sites (tertiary alicyclic amines) is 1. The molecule has 1 spiro atoms. The molecule has 1 aliphatic carbocycles. The van der Waals surface area contributed by atoms with Gasteiger partial charge in [-0.1, -0.05) is 19.3 Å². The third-order valence-corrected chi connectivity index (χ3v) is 6.83. The molecular weight excluding hydrogens is 356 g/mol. The summed E-state index contributed by atoms with van der Waals surface area (Å²) in [4.78, 5) is 37.5. The average molecular weight is 386 g/mol. The minimum Gasteiger partial charge on any atom is -0.378 e. The van der Waals surface area contributed by atoms with Crippen LogP contribution in [0, 0.1) is 11.3 Å². The molecule has 3 aliphatic rings. The Morgan fingerprint density at radius 3 is 2.50 bits per heavy atom. The molecule has 2 amide bonds. The summed E-state index contributed by atoms with van der Waals surface area (Å²) in [6, 6.07) is 0. The fourth-order valence-electron chi connectivity index (χ4n) is 5.27. The number of aromatic nitrogens is 2. The number of nitrogens with zero attached hydrogens (tertiary/aromatic N) is 4. The van der Waals surface area contributed by atoms with Crippen molar-refractivity contribution in [1.82, 2.24) is 19.8 Å². The zero-order valence-electron chi connectivity index (χ0n) is 16.5. The first-order chi connectivity index (χ1) is 13.7. The predicted molar refractivity (Wildman–Crippen MR) is 104 cm³/mol. The number of amides is 2. The smallest absolute Gasteiger partial charge is 0.257 e. The van der Waals surface area contributed by atoms with Crippen molar-refractivity contribution in [2.75, 3.05) is 39.4 Å². The summed E-state index contributed by atoms with van der Waals surface area (Å²) < 4.78 is 5.35. The third kappa shape index (κ3) is 4.04. The fourth-order valence-corrected chi connectivity index (χ4v) is 5.27. The van der Waals surface area contributed by atoms with Gasteiger partial charge in [-0.15, -0.1) is 0 Å². The Labute approximate surface area is 166 Å². The second-order valence-corrected chi connectivity index (χ2v) is 8.46. The van der Waals surface area contributed by atoms with E-state index in [1.165, 1.54) is 38.4 Å². The highest BCUT2D eigenvalue weighted by Crippen LogP contribution is 2.49. The number of hydrogen-bond acceptors (Lipinski definition) is 5. The number of rotatable bonds is 4. The van der Waals surface area contributed by atoms with Gasteiger partial charge in [-0.05, 0) is 30.6 Å². The van der Waals surface area contributed by atoms with Crippen LogP contribution in [-0.4, -0.2) is 71.0 Å². The maximum absolute atomic E-state index is 13.0. The molecule has 0 aromatic carbocycles. The highest BCUT2D eigenvalue weighted by molar-refractivity contribution is 5.93. The second-order valence-electron chi connectivity index (χ2n) is 8.46. The van der Waals surface area contributed by atoms with Gasteiger partial charge in [0.15, 0.2) is 0 Å². The van der Waals surface area contributed by atoms with Gasteiger partial charge in [-0.25, -0.2) is 9.97 Å². The molecule has 152 valence electrons. The molecule has 2 saturated heterocycles. The second kappa shape index (κ2) is 8.55. The predicted octanol–water partition coefficient (Wildman–Crippen LogP) is 2.14. The lowest BCUT2D eigenvalue weighted by molar-refractivity contribution is -0.135. The Bertz CT molecular complexity index is 684. The fraction of sp³-hybridized carbons (Fsp3) is 0.714. The van der Waals surface area contributed by atoms with Crippen LogP contribution < -0.4 is 0 Å². The van der Waals surface area contributed by atoms with Crippen LogP contribution in [0.15, 0.2) is 18.7 Å². The van der Waals surface area contributed by atoms with Crippen molar-refractivity contribution in [2.45, 2.75) is 44.9 Å². The van der Waals surface area contributed by atoms with Gasteiger partial charge in [0, 0.05) is 45.0 Å². The summed E-state index contributed by atoms with van der Waals surface area (Å²) in [5.41, 5.74) is 0.730. The number of carbonyl (C=O) groups excluding carboxylic acids is 2. The summed E-state index contributed by atoms with van der Waals surface area (Å²) in [5, 5.41) is 0. The van der Waals surface area contributed by atoms with E-state index in [-0.39, 0.29) is 17.2 Å². The molecule has 2 aliphatic heterocycles. The lowest BCUT2D eigenvalue weighted by Crippen LogP contribution is -2.41.